The third kappa shape index (κ3) is 13.0. The summed E-state index contributed by atoms with van der Waals surface area (Å²) in [6.07, 6.45) is -1.60. The molecule has 3 aliphatic rings. The van der Waals surface area contributed by atoms with Gasteiger partial charge in [-0.15, -0.1) is 44.6 Å². The molecule has 8 amide bonds. The van der Waals surface area contributed by atoms with E-state index in [9.17, 15) is 43.5 Å². The summed E-state index contributed by atoms with van der Waals surface area (Å²) in [7, 11) is 0. The molecule has 3 aromatic heterocycles. The average molecular weight is 1160 g/mol. The summed E-state index contributed by atoms with van der Waals surface area (Å²) < 4.78 is 1.88. The van der Waals surface area contributed by atoms with E-state index in [0.29, 0.717) is 27.9 Å². The lowest BCUT2D eigenvalue weighted by molar-refractivity contribution is -0.144. The molecule has 8 rings (SSSR count). The summed E-state index contributed by atoms with van der Waals surface area (Å²) in [5.41, 5.74) is 11.6. The molecule has 0 bridgehead atoms. The Morgan fingerprint density at radius 1 is 0.873 bits per heavy atom. The molecule has 0 aliphatic carbocycles. The van der Waals surface area contributed by atoms with E-state index in [0.717, 1.165) is 54.5 Å². The monoisotopic (exact) mass is 1160 g/mol. The molecule has 8 atom stereocenters. The van der Waals surface area contributed by atoms with E-state index in [1.54, 1.807) is 69.6 Å². The summed E-state index contributed by atoms with van der Waals surface area (Å²) in [5.74, 6) is -5.93. The number of nitrogens with one attached hydrogen (secondary N) is 6. The number of nitrogens with zero attached hydrogens (tertiary/aromatic N) is 6. The number of thiophene rings is 1. The number of aliphatic hydroxyl groups excluding tert-OH is 1. The topological polar surface area (TPSA) is 314 Å². The molecular formula is C53H62ClN13O9S3. The van der Waals surface area contributed by atoms with Gasteiger partial charge in [0.15, 0.2) is 5.82 Å². The normalized spacial score (nSPS) is 23.8. The van der Waals surface area contributed by atoms with Crippen molar-refractivity contribution in [1.82, 2.24) is 56.5 Å². The van der Waals surface area contributed by atoms with E-state index in [1.165, 1.54) is 34.5 Å². The Hall–Kier alpha value is -7.06. The Morgan fingerprint density at radius 3 is 2.23 bits per heavy atom. The molecule has 3 aliphatic heterocycles. The van der Waals surface area contributed by atoms with Crippen molar-refractivity contribution in [3.63, 3.8) is 0 Å². The molecular weight excluding hydrogens is 1090 g/mol. The van der Waals surface area contributed by atoms with Crippen LogP contribution in [0.15, 0.2) is 59.0 Å². The summed E-state index contributed by atoms with van der Waals surface area (Å²) in [5, 5.41) is 37.1. The lowest BCUT2D eigenvalue weighted by Gasteiger charge is -2.35. The molecule has 0 radical (unpaired) electrons. The minimum absolute atomic E-state index is 0.183. The standard InChI is InChI=1S/C53H62ClN13O9S3/c1-24-27(4)79-52-40(24)41(29-13-15-32(54)16-14-29)59-34(46-65-64-28(5)67(46)52)18-38(69)56-19-35-48(73)61-36(45(55)71)21-77-22-39(70)62-44(53(6,7)8)51(76)66-20-33(68)17-37(66)49(74)63-42(50(75)58-26(3)47(72)60-35)30-9-11-31(12-10-30)43-25(2)57-23-78-43/h9-16,23,26,33-37,42,44,68H,17-22H2,1-8H3,(H2,55,71)(H,56,69)(H,58,75)(H,60,72)(H,61,73)(H,62,70)(H,63,74)/t26-,33-,34+,35-,36-,37+,42+,44-/m1/s1. The van der Waals surface area contributed by atoms with Crippen LogP contribution in [0, 0.1) is 33.1 Å². The zero-order chi connectivity index (χ0) is 57.2. The zero-order valence-corrected chi connectivity index (χ0v) is 47.8. The third-order valence-corrected chi connectivity index (χ3v) is 17.3. The lowest BCUT2D eigenvalue weighted by atomic mass is 9.85. The first kappa shape index (κ1) is 58.1. The van der Waals surface area contributed by atoms with E-state index in [-0.39, 0.29) is 30.9 Å². The predicted molar refractivity (Wildman–Crippen MR) is 300 cm³/mol. The van der Waals surface area contributed by atoms with E-state index in [4.69, 9.17) is 22.3 Å². The molecule has 6 heterocycles. The first-order valence-corrected chi connectivity index (χ1v) is 28.6. The van der Waals surface area contributed by atoms with Crippen LogP contribution in [0.2, 0.25) is 5.02 Å². The van der Waals surface area contributed by atoms with E-state index in [1.807, 2.05) is 37.5 Å². The number of nitrogens with two attached hydrogens (primary N) is 1. The molecule has 26 heteroatoms. The molecule has 2 aromatic carbocycles. The Labute approximate surface area is 472 Å². The minimum Gasteiger partial charge on any atom is -0.391 e. The highest BCUT2D eigenvalue weighted by Gasteiger charge is 2.46. The number of benzene rings is 2. The van der Waals surface area contributed by atoms with Gasteiger partial charge in [0.25, 0.3) is 0 Å². The van der Waals surface area contributed by atoms with Crippen molar-refractivity contribution in [1.29, 1.82) is 0 Å². The van der Waals surface area contributed by atoms with Crippen molar-refractivity contribution < 1.29 is 43.5 Å². The minimum atomic E-state index is -1.59. The molecule has 79 heavy (non-hydrogen) atoms. The predicted octanol–water partition coefficient (Wildman–Crippen LogP) is 2.79. The van der Waals surface area contributed by atoms with Crippen LogP contribution in [0.4, 0.5) is 0 Å². The third-order valence-electron chi connectivity index (χ3n) is 13.9. The maximum Gasteiger partial charge on any atom is 0.247 e. The number of aliphatic hydroxyl groups is 1. The van der Waals surface area contributed by atoms with Gasteiger partial charge < -0.3 is 47.6 Å². The number of rotatable bonds is 8. The van der Waals surface area contributed by atoms with Crippen LogP contribution in [-0.2, 0) is 38.4 Å². The second kappa shape index (κ2) is 24.1. The van der Waals surface area contributed by atoms with Gasteiger partial charge in [-0.2, -0.15) is 0 Å². The molecule has 9 N–H and O–H groups in total. The van der Waals surface area contributed by atoms with Crippen LogP contribution in [-0.4, -0.2) is 144 Å². The Morgan fingerprint density at radius 2 is 1.57 bits per heavy atom. The van der Waals surface area contributed by atoms with Crippen molar-refractivity contribution >= 4 is 99.0 Å². The van der Waals surface area contributed by atoms with Crippen molar-refractivity contribution in [2.45, 2.75) is 117 Å². The van der Waals surface area contributed by atoms with Gasteiger partial charge in [0, 0.05) is 46.3 Å². The molecule has 418 valence electrons. The number of primary amides is 1. The highest BCUT2D eigenvalue weighted by atomic mass is 35.5. The van der Waals surface area contributed by atoms with Gasteiger partial charge in [-0.3, -0.25) is 47.9 Å². The molecule has 0 unspecified atom stereocenters. The molecule has 22 nitrogen and oxygen atoms in total. The first-order chi connectivity index (χ1) is 37.4. The molecule has 2 saturated heterocycles. The van der Waals surface area contributed by atoms with Crippen LogP contribution in [0.5, 0.6) is 0 Å². The fraction of sp³-hybridized carbons (Fsp3) is 0.434. The fourth-order valence-electron chi connectivity index (χ4n) is 9.47. The van der Waals surface area contributed by atoms with Crippen LogP contribution < -0.4 is 37.6 Å². The second-order valence-corrected chi connectivity index (χ2v) is 24.3. The number of aliphatic imine (C=N–C) groups is 1. The number of thioether (sulfide) groups is 1. The number of aryl methyl sites for hydroxylation is 3. The zero-order valence-electron chi connectivity index (χ0n) is 44.6. The van der Waals surface area contributed by atoms with Gasteiger partial charge in [0.1, 0.15) is 53.1 Å². The first-order valence-electron chi connectivity index (χ1n) is 25.4. The van der Waals surface area contributed by atoms with Crippen LogP contribution in [0.25, 0.3) is 15.4 Å². The molecule has 0 saturated carbocycles. The van der Waals surface area contributed by atoms with Gasteiger partial charge in [-0.1, -0.05) is 68.8 Å². The number of hydrogen-bond acceptors (Lipinski definition) is 16. The van der Waals surface area contributed by atoms with E-state index in [2.05, 4.69) is 47.1 Å². The van der Waals surface area contributed by atoms with Gasteiger partial charge in [0.2, 0.25) is 47.3 Å². The quantitative estimate of drug-likeness (QED) is 0.111. The SMILES string of the molecule is Cc1ncsc1-c1ccc([C@@H]2NC(=O)[C@@H]3C[C@@H](O)CN3C(=O)[C@H](C(C)(C)C)NC(=O)CSC[C@H](C(N)=O)NC(=O)[C@@H](CNC(=O)C[C@@H]3N=C(c4ccc(Cl)cc4)c4c(sc(C)c4C)-n4c(C)nnc43)NC(=O)[C@@H](C)NC2=O)cc1. The van der Waals surface area contributed by atoms with Crippen molar-refractivity contribution in [3.05, 3.63) is 104 Å². The van der Waals surface area contributed by atoms with E-state index < -0.39 is 108 Å². The largest absolute Gasteiger partial charge is 0.391 e. The van der Waals surface area contributed by atoms with Gasteiger partial charge in [0.05, 0.1) is 40.1 Å². The summed E-state index contributed by atoms with van der Waals surface area (Å²) in [6, 6.07) is 4.66. The maximum atomic E-state index is 14.5. The number of aromatic nitrogens is 4. The number of carbonyl (C=O) groups excluding carboxylic acids is 8. The van der Waals surface area contributed by atoms with Crippen molar-refractivity contribution in [2.24, 2.45) is 16.1 Å². The Kier molecular flexibility index (Phi) is 17.7. The fourth-order valence-corrected chi connectivity index (χ4v) is 12.5. The summed E-state index contributed by atoms with van der Waals surface area (Å²) in [6.45, 7) is 13.4. The average Bonchev–Trinajstić information content (AvgIpc) is 4.17. The number of thiazole rings is 1. The highest BCUT2D eigenvalue weighted by molar-refractivity contribution is 8.00. The van der Waals surface area contributed by atoms with Gasteiger partial charge in [-0.25, -0.2) is 4.98 Å². The summed E-state index contributed by atoms with van der Waals surface area (Å²) >= 11 is 10.2. The number of fused-ring (bicyclic) bond motifs is 4. The molecule has 5 aromatic rings. The number of halogens is 1. The molecule has 0 spiro atoms. The van der Waals surface area contributed by atoms with Crippen LogP contribution >= 0.6 is 46.0 Å². The number of amides is 8. The number of carbonyl (C=O) groups is 8. The van der Waals surface area contributed by atoms with Crippen LogP contribution in [0.1, 0.15) is 97.1 Å². The van der Waals surface area contributed by atoms with E-state index >= 15 is 0 Å². The Bertz CT molecular complexity index is 3230. The molecule has 2 fully saturated rings. The number of hydrogen-bond donors (Lipinski definition) is 8. The smallest absolute Gasteiger partial charge is 0.247 e. The second-order valence-electron chi connectivity index (χ2n) is 20.8. The Balaban J connectivity index is 1.09. The van der Waals surface area contributed by atoms with Crippen LogP contribution in [0.3, 0.4) is 0 Å². The summed E-state index contributed by atoms with van der Waals surface area (Å²) in [4.78, 5) is 125. The highest BCUT2D eigenvalue weighted by Crippen LogP contribution is 2.40. The lowest BCUT2D eigenvalue weighted by Crippen LogP contribution is -2.60. The van der Waals surface area contributed by atoms with Gasteiger partial charge >= 0.3 is 0 Å². The van der Waals surface area contributed by atoms with Crippen molar-refractivity contribution in [3.8, 4) is 15.4 Å². The maximum absolute atomic E-state index is 14.5. The van der Waals surface area contributed by atoms with Crippen molar-refractivity contribution in [2.75, 3.05) is 24.6 Å². The van der Waals surface area contributed by atoms with Gasteiger partial charge in [-0.05, 0) is 68.9 Å².